The number of rotatable bonds is 6. The maximum atomic E-state index is 13.2. The molecular formula is C28H36N4O3. The van der Waals surface area contributed by atoms with E-state index in [9.17, 15) is 14.4 Å². The number of nitrogens with zero attached hydrogens (tertiary/aromatic N) is 2. The average Bonchev–Trinajstić information content (AvgIpc) is 2.84. The number of anilines is 1. The number of benzene rings is 2. The van der Waals surface area contributed by atoms with Gasteiger partial charge in [0.05, 0.1) is 11.8 Å². The van der Waals surface area contributed by atoms with Gasteiger partial charge in [0, 0.05) is 37.4 Å². The van der Waals surface area contributed by atoms with Crippen LogP contribution in [-0.2, 0) is 16.1 Å². The van der Waals surface area contributed by atoms with Crippen LogP contribution in [0.4, 0.5) is 5.69 Å². The number of hydrogen-bond donors (Lipinski definition) is 2. The van der Waals surface area contributed by atoms with Crippen LogP contribution in [0.3, 0.4) is 0 Å². The molecule has 2 atom stereocenters. The van der Waals surface area contributed by atoms with Crippen molar-refractivity contribution in [3.63, 3.8) is 0 Å². The average molecular weight is 477 g/mol. The molecule has 2 aliphatic heterocycles. The van der Waals surface area contributed by atoms with Crippen LogP contribution in [0.2, 0.25) is 0 Å². The molecule has 0 radical (unpaired) electrons. The molecule has 2 fully saturated rings. The molecular weight excluding hydrogens is 440 g/mol. The molecule has 2 saturated heterocycles. The fraction of sp³-hybridized carbons (Fsp3) is 0.464. The lowest BCUT2D eigenvalue weighted by molar-refractivity contribution is -0.123. The Labute approximate surface area is 207 Å². The van der Waals surface area contributed by atoms with Crippen LogP contribution < -0.4 is 11.1 Å². The lowest BCUT2D eigenvalue weighted by Gasteiger charge is -2.33. The summed E-state index contributed by atoms with van der Waals surface area (Å²) in [6.07, 6.45) is 3.34. The molecule has 7 heteroatoms. The number of amides is 3. The highest BCUT2D eigenvalue weighted by molar-refractivity contribution is 5.96. The van der Waals surface area contributed by atoms with Gasteiger partial charge in [0.15, 0.2) is 0 Å². The van der Waals surface area contributed by atoms with Gasteiger partial charge in [0.1, 0.15) is 0 Å². The van der Waals surface area contributed by atoms with Crippen LogP contribution in [0, 0.1) is 25.7 Å². The normalized spacial score (nSPS) is 20.9. The third-order valence-corrected chi connectivity index (χ3v) is 7.13. The van der Waals surface area contributed by atoms with Crippen molar-refractivity contribution in [2.45, 2.75) is 46.1 Å². The van der Waals surface area contributed by atoms with Gasteiger partial charge in [-0.3, -0.25) is 19.3 Å². The Kier molecular flexibility index (Phi) is 7.86. The van der Waals surface area contributed by atoms with Crippen LogP contribution >= 0.6 is 0 Å². The molecule has 3 N–H and O–H groups in total. The summed E-state index contributed by atoms with van der Waals surface area (Å²) in [5.74, 6) is -0.671. The Morgan fingerprint density at radius 1 is 0.943 bits per heavy atom. The second-order valence-corrected chi connectivity index (χ2v) is 10.1. The van der Waals surface area contributed by atoms with E-state index in [1.165, 1.54) is 0 Å². The predicted molar refractivity (Wildman–Crippen MR) is 137 cm³/mol. The van der Waals surface area contributed by atoms with Crippen molar-refractivity contribution in [3.8, 4) is 0 Å². The summed E-state index contributed by atoms with van der Waals surface area (Å²) in [4.78, 5) is 42.1. The van der Waals surface area contributed by atoms with Gasteiger partial charge in [-0.15, -0.1) is 0 Å². The zero-order valence-electron chi connectivity index (χ0n) is 20.8. The lowest BCUT2D eigenvalue weighted by atomic mass is 9.95. The lowest BCUT2D eigenvalue weighted by Crippen LogP contribution is -2.44. The molecule has 3 amide bonds. The molecule has 0 aliphatic carbocycles. The molecule has 2 aromatic carbocycles. The molecule has 186 valence electrons. The molecule has 0 saturated carbocycles. The molecule has 0 bridgehead atoms. The Bertz CT molecular complexity index is 1080. The predicted octanol–water partition coefficient (Wildman–Crippen LogP) is 3.49. The Morgan fingerprint density at radius 3 is 2.37 bits per heavy atom. The number of aryl methyl sites for hydroxylation is 2. The van der Waals surface area contributed by atoms with Crippen LogP contribution in [-0.4, -0.2) is 53.7 Å². The number of likely N-dealkylation sites (tertiary alicyclic amines) is 2. The number of nitrogens with one attached hydrogen (secondary N) is 1. The first-order valence-corrected chi connectivity index (χ1v) is 12.6. The SMILES string of the molecule is Cc1cc(C)cc(C(=O)N2CCCC(C(=O)Nc3ccccc3CN3CCCC(C(N)=O)C3)C2)c1. The molecule has 4 rings (SSSR count). The molecule has 2 heterocycles. The first-order valence-electron chi connectivity index (χ1n) is 12.6. The van der Waals surface area contributed by atoms with E-state index >= 15 is 0 Å². The Morgan fingerprint density at radius 2 is 1.63 bits per heavy atom. The second-order valence-electron chi connectivity index (χ2n) is 10.1. The van der Waals surface area contributed by atoms with Gasteiger partial charge in [0.2, 0.25) is 11.8 Å². The molecule has 35 heavy (non-hydrogen) atoms. The maximum Gasteiger partial charge on any atom is 0.253 e. The van der Waals surface area contributed by atoms with Gasteiger partial charge < -0.3 is 16.0 Å². The van der Waals surface area contributed by atoms with E-state index in [0.29, 0.717) is 31.7 Å². The zero-order chi connectivity index (χ0) is 24.9. The van der Waals surface area contributed by atoms with Gasteiger partial charge in [-0.25, -0.2) is 0 Å². The van der Waals surface area contributed by atoms with Gasteiger partial charge >= 0.3 is 0 Å². The summed E-state index contributed by atoms with van der Waals surface area (Å²) < 4.78 is 0. The number of primary amides is 1. The fourth-order valence-electron chi connectivity index (χ4n) is 5.34. The minimum absolute atomic E-state index is 0.0104. The monoisotopic (exact) mass is 476 g/mol. The third-order valence-electron chi connectivity index (χ3n) is 7.13. The zero-order valence-corrected chi connectivity index (χ0v) is 20.8. The van der Waals surface area contributed by atoms with Gasteiger partial charge in [0.25, 0.3) is 5.91 Å². The Hall–Kier alpha value is -3.19. The molecule has 0 spiro atoms. The number of carbonyl (C=O) groups is 3. The van der Waals surface area contributed by atoms with Crippen LogP contribution in [0.1, 0.15) is 52.7 Å². The third kappa shape index (κ3) is 6.28. The standard InChI is InChI=1S/C28H36N4O3/c1-19-13-20(2)15-24(14-19)28(35)32-12-6-9-23(18-32)27(34)30-25-10-4-3-7-21(25)16-31-11-5-8-22(17-31)26(29)33/h3-4,7,10,13-15,22-23H,5-6,8-9,11-12,16-18H2,1-2H3,(H2,29,33)(H,30,34). The molecule has 2 aromatic rings. The van der Waals surface area contributed by atoms with E-state index in [-0.39, 0.29) is 29.6 Å². The first kappa shape index (κ1) is 24.9. The van der Waals surface area contributed by atoms with Crippen LogP contribution in [0.5, 0.6) is 0 Å². The minimum Gasteiger partial charge on any atom is -0.369 e. The van der Waals surface area contributed by atoms with Crippen LogP contribution in [0.15, 0.2) is 42.5 Å². The van der Waals surface area contributed by atoms with Crippen molar-refractivity contribution in [2.24, 2.45) is 17.6 Å². The minimum atomic E-state index is -0.249. The van der Waals surface area contributed by atoms with Crippen molar-refractivity contribution < 1.29 is 14.4 Å². The fourth-order valence-corrected chi connectivity index (χ4v) is 5.34. The molecule has 7 nitrogen and oxygen atoms in total. The highest BCUT2D eigenvalue weighted by atomic mass is 16.2. The highest BCUT2D eigenvalue weighted by Crippen LogP contribution is 2.25. The first-order chi connectivity index (χ1) is 16.8. The van der Waals surface area contributed by atoms with Crippen molar-refractivity contribution in [3.05, 3.63) is 64.7 Å². The van der Waals surface area contributed by atoms with E-state index in [1.54, 1.807) is 0 Å². The molecule has 2 unspecified atom stereocenters. The number of nitrogens with two attached hydrogens (primary N) is 1. The smallest absolute Gasteiger partial charge is 0.253 e. The molecule has 2 aliphatic rings. The van der Waals surface area contributed by atoms with Crippen molar-refractivity contribution >= 4 is 23.4 Å². The maximum absolute atomic E-state index is 13.2. The summed E-state index contributed by atoms with van der Waals surface area (Å²) in [5, 5.41) is 3.13. The number of carbonyl (C=O) groups excluding carboxylic acids is 3. The summed E-state index contributed by atoms with van der Waals surface area (Å²) in [6.45, 7) is 7.29. The van der Waals surface area contributed by atoms with E-state index in [4.69, 9.17) is 5.73 Å². The Balaban J connectivity index is 1.40. The van der Waals surface area contributed by atoms with E-state index in [2.05, 4.69) is 16.3 Å². The summed E-state index contributed by atoms with van der Waals surface area (Å²) in [5.41, 5.74) is 10.2. The molecule has 0 aromatic heterocycles. The number of hydrogen-bond acceptors (Lipinski definition) is 4. The summed E-state index contributed by atoms with van der Waals surface area (Å²) in [6, 6.07) is 13.7. The van der Waals surface area contributed by atoms with Crippen molar-refractivity contribution in [1.29, 1.82) is 0 Å². The van der Waals surface area contributed by atoms with Crippen molar-refractivity contribution in [1.82, 2.24) is 9.80 Å². The largest absolute Gasteiger partial charge is 0.369 e. The number of piperidine rings is 2. The van der Waals surface area contributed by atoms with E-state index < -0.39 is 0 Å². The summed E-state index contributed by atoms with van der Waals surface area (Å²) in [7, 11) is 0. The quantitative estimate of drug-likeness (QED) is 0.667. The van der Waals surface area contributed by atoms with Crippen molar-refractivity contribution in [2.75, 3.05) is 31.5 Å². The van der Waals surface area contributed by atoms with Crippen LogP contribution in [0.25, 0.3) is 0 Å². The number of para-hydroxylation sites is 1. The van der Waals surface area contributed by atoms with Gasteiger partial charge in [-0.2, -0.15) is 0 Å². The second kappa shape index (κ2) is 11.0. The van der Waals surface area contributed by atoms with E-state index in [0.717, 1.165) is 54.6 Å². The van der Waals surface area contributed by atoms with Gasteiger partial charge in [-0.1, -0.05) is 35.4 Å². The van der Waals surface area contributed by atoms with Gasteiger partial charge in [-0.05, 0) is 69.8 Å². The topological polar surface area (TPSA) is 95.7 Å². The summed E-state index contributed by atoms with van der Waals surface area (Å²) >= 11 is 0. The van der Waals surface area contributed by atoms with E-state index in [1.807, 2.05) is 55.1 Å². The highest BCUT2D eigenvalue weighted by Gasteiger charge is 2.30.